The SMILES string of the molecule is CCC(CC)(CC)NC(=O)CC(CN)CC(C)C. The summed E-state index contributed by atoms with van der Waals surface area (Å²) < 4.78 is 0. The molecule has 0 aliphatic rings. The molecule has 0 bridgehead atoms. The number of carbonyl (C=O) groups excluding carboxylic acids is 1. The third-order valence-corrected chi connectivity index (χ3v) is 4.05. The number of rotatable bonds is 9. The lowest BCUT2D eigenvalue weighted by Gasteiger charge is -2.32. The zero-order chi connectivity index (χ0) is 14.2. The molecule has 3 nitrogen and oxygen atoms in total. The Morgan fingerprint density at radius 2 is 1.67 bits per heavy atom. The summed E-state index contributed by atoms with van der Waals surface area (Å²) in [6.07, 6.45) is 4.56. The van der Waals surface area contributed by atoms with Gasteiger partial charge in [-0.15, -0.1) is 0 Å². The fraction of sp³-hybridized carbons (Fsp3) is 0.933. The monoisotopic (exact) mass is 256 g/mol. The second kappa shape index (κ2) is 8.52. The molecule has 1 amide bonds. The highest BCUT2D eigenvalue weighted by Gasteiger charge is 2.26. The topological polar surface area (TPSA) is 55.1 Å². The molecular weight excluding hydrogens is 224 g/mol. The molecule has 0 aliphatic heterocycles. The van der Waals surface area contributed by atoms with E-state index in [9.17, 15) is 4.79 Å². The molecule has 0 spiro atoms. The molecule has 1 unspecified atom stereocenters. The summed E-state index contributed by atoms with van der Waals surface area (Å²) in [5.41, 5.74) is 5.73. The number of nitrogens with two attached hydrogens (primary N) is 1. The molecule has 3 N–H and O–H groups in total. The van der Waals surface area contributed by atoms with Gasteiger partial charge in [-0.3, -0.25) is 4.79 Å². The first-order chi connectivity index (χ1) is 8.42. The first kappa shape index (κ1) is 17.4. The van der Waals surface area contributed by atoms with Gasteiger partial charge in [0.1, 0.15) is 0 Å². The molecule has 0 aromatic rings. The highest BCUT2D eigenvalue weighted by Crippen LogP contribution is 2.21. The van der Waals surface area contributed by atoms with Gasteiger partial charge >= 0.3 is 0 Å². The van der Waals surface area contributed by atoms with Crippen LogP contribution in [-0.4, -0.2) is 18.0 Å². The van der Waals surface area contributed by atoms with E-state index in [1.807, 2.05) is 0 Å². The van der Waals surface area contributed by atoms with Crippen molar-refractivity contribution in [1.29, 1.82) is 0 Å². The number of nitrogens with one attached hydrogen (secondary N) is 1. The minimum atomic E-state index is -0.0198. The van der Waals surface area contributed by atoms with Crippen molar-refractivity contribution in [2.24, 2.45) is 17.6 Å². The van der Waals surface area contributed by atoms with Crippen LogP contribution in [0.2, 0.25) is 0 Å². The molecule has 0 rings (SSSR count). The van der Waals surface area contributed by atoms with Gasteiger partial charge in [-0.05, 0) is 44.1 Å². The third kappa shape index (κ3) is 5.85. The molecule has 108 valence electrons. The summed E-state index contributed by atoms with van der Waals surface area (Å²) in [5.74, 6) is 1.07. The Morgan fingerprint density at radius 3 is 2.00 bits per heavy atom. The van der Waals surface area contributed by atoms with E-state index in [1.54, 1.807) is 0 Å². The fourth-order valence-electron chi connectivity index (χ4n) is 2.55. The van der Waals surface area contributed by atoms with Gasteiger partial charge in [-0.25, -0.2) is 0 Å². The molecular formula is C15H32N2O. The maximum Gasteiger partial charge on any atom is 0.220 e. The summed E-state index contributed by atoms with van der Waals surface area (Å²) in [7, 11) is 0. The zero-order valence-electron chi connectivity index (χ0n) is 12.9. The minimum absolute atomic E-state index is 0.0198. The summed E-state index contributed by atoms with van der Waals surface area (Å²) in [6, 6.07) is 0. The van der Waals surface area contributed by atoms with Crippen LogP contribution in [0, 0.1) is 11.8 Å². The quantitative estimate of drug-likeness (QED) is 0.666. The van der Waals surface area contributed by atoms with Crippen LogP contribution in [0.15, 0.2) is 0 Å². The lowest BCUT2D eigenvalue weighted by Crippen LogP contribution is -2.47. The minimum Gasteiger partial charge on any atom is -0.351 e. The Bertz CT molecular complexity index is 226. The predicted octanol–water partition coefficient (Wildman–Crippen LogP) is 3.08. The summed E-state index contributed by atoms with van der Waals surface area (Å²) >= 11 is 0. The molecule has 0 saturated heterocycles. The van der Waals surface area contributed by atoms with E-state index in [0.717, 1.165) is 25.7 Å². The lowest BCUT2D eigenvalue weighted by molar-refractivity contribution is -0.124. The van der Waals surface area contributed by atoms with Gasteiger partial charge in [0, 0.05) is 12.0 Å². The van der Waals surface area contributed by atoms with Crippen LogP contribution in [0.5, 0.6) is 0 Å². The van der Waals surface area contributed by atoms with Gasteiger partial charge in [0.2, 0.25) is 5.91 Å². The van der Waals surface area contributed by atoms with Crippen molar-refractivity contribution in [1.82, 2.24) is 5.32 Å². The van der Waals surface area contributed by atoms with Crippen molar-refractivity contribution < 1.29 is 4.79 Å². The molecule has 0 fully saturated rings. The van der Waals surface area contributed by atoms with Crippen molar-refractivity contribution in [3.8, 4) is 0 Å². The highest BCUT2D eigenvalue weighted by atomic mass is 16.1. The summed E-state index contributed by atoms with van der Waals surface area (Å²) in [5, 5.41) is 3.22. The highest BCUT2D eigenvalue weighted by molar-refractivity contribution is 5.77. The lowest BCUT2D eigenvalue weighted by atomic mass is 9.88. The van der Waals surface area contributed by atoms with Gasteiger partial charge < -0.3 is 11.1 Å². The van der Waals surface area contributed by atoms with E-state index >= 15 is 0 Å². The molecule has 18 heavy (non-hydrogen) atoms. The first-order valence-corrected chi connectivity index (χ1v) is 7.44. The normalized spacial score (nSPS) is 13.7. The summed E-state index contributed by atoms with van der Waals surface area (Å²) in [4.78, 5) is 12.1. The summed E-state index contributed by atoms with van der Waals surface area (Å²) in [6.45, 7) is 11.4. The molecule has 0 radical (unpaired) electrons. The second-order valence-electron chi connectivity index (χ2n) is 5.82. The Hall–Kier alpha value is -0.570. The molecule has 0 aliphatic carbocycles. The van der Waals surface area contributed by atoms with Crippen LogP contribution in [0.1, 0.15) is 66.7 Å². The predicted molar refractivity (Wildman–Crippen MR) is 78.4 cm³/mol. The van der Waals surface area contributed by atoms with Crippen LogP contribution in [0.3, 0.4) is 0 Å². The molecule has 0 heterocycles. The van der Waals surface area contributed by atoms with Gasteiger partial charge in [0.15, 0.2) is 0 Å². The first-order valence-electron chi connectivity index (χ1n) is 7.44. The van der Waals surface area contributed by atoms with Crippen molar-refractivity contribution in [2.75, 3.05) is 6.54 Å². The van der Waals surface area contributed by atoms with Crippen LogP contribution >= 0.6 is 0 Å². The Balaban J connectivity index is 4.38. The standard InChI is InChI=1S/C15H32N2O/c1-6-15(7-2,8-3)17-14(18)10-13(11-16)9-12(4)5/h12-13H,6-11,16H2,1-5H3,(H,17,18). The van der Waals surface area contributed by atoms with E-state index < -0.39 is 0 Å². The maximum atomic E-state index is 12.1. The van der Waals surface area contributed by atoms with Crippen LogP contribution in [-0.2, 0) is 4.79 Å². The zero-order valence-corrected chi connectivity index (χ0v) is 12.9. The second-order valence-corrected chi connectivity index (χ2v) is 5.82. The number of amides is 1. The average Bonchev–Trinajstić information content (AvgIpc) is 2.34. The van der Waals surface area contributed by atoms with E-state index in [4.69, 9.17) is 5.73 Å². The van der Waals surface area contributed by atoms with Crippen LogP contribution < -0.4 is 11.1 Å². The smallest absolute Gasteiger partial charge is 0.220 e. The Morgan fingerprint density at radius 1 is 1.17 bits per heavy atom. The van der Waals surface area contributed by atoms with E-state index in [1.165, 1.54) is 0 Å². The fourth-order valence-corrected chi connectivity index (χ4v) is 2.55. The number of hydrogen-bond donors (Lipinski definition) is 2. The van der Waals surface area contributed by atoms with Crippen LogP contribution in [0.4, 0.5) is 0 Å². The van der Waals surface area contributed by atoms with E-state index in [0.29, 0.717) is 24.8 Å². The number of hydrogen-bond acceptors (Lipinski definition) is 2. The molecule has 3 heteroatoms. The van der Waals surface area contributed by atoms with Gasteiger partial charge in [0.05, 0.1) is 0 Å². The molecule has 1 atom stereocenters. The van der Waals surface area contributed by atoms with Crippen molar-refractivity contribution in [3.05, 3.63) is 0 Å². The van der Waals surface area contributed by atoms with Crippen LogP contribution in [0.25, 0.3) is 0 Å². The van der Waals surface area contributed by atoms with Crippen molar-refractivity contribution in [3.63, 3.8) is 0 Å². The Kier molecular flexibility index (Phi) is 8.25. The largest absolute Gasteiger partial charge is 0.351 e. The Labute approximate surface area is 113 Å². The average molecular weight is 256 g/mol. The van der Waals surface area contributed by atoms with Gasteiger partial charge in [0.25, 0.3) is 0 Å². The van der Waals surface area contributed by atoms with E-state index in [-0.39, 0.29) is 11.4 Å². The van der Waals surface area contributed by atoms with Gasteiger partial charge in [-0.1, -0.05) is 34.6 Å². The van der Waals surface area contributed by atoms with Crippen molar-refractivity contribution in [2.45, 2.75) is 72.3 Å². The third-order valence-electron chi connectivity index (χ3n) is 4.05. The number of carbonyl (C=O) groups is 1. The van der Waals surface area contributed by atoms with E-state index in [2.05, 4.69) is 39.9 Å². The maximum absolute atomic E-state index is 12.1. The molecule has 0 aromatic heterocycles. The van der Waals surface area contributed by atoms with Gasteiger partial charge in [-0.2, -0.15) is 0 Å². The molecule has 0 saturated carbocycles. The van der Waals surface area contributed by atoms with Crippen molar-refractivity contribution >= 4 is 5.91 Å². The molecule has 0 aromatic carbocycles.